The van der Waals surface area contributed by atoms with E-state index in [1.54, 1.807) is 18.3 Å². The van der Waals surface area contributed by atoms with Crippen molar-refractivity contribution < 1.29 is 9.53 Å². The number of ether oxygens (including phenoxy) is 1. The Morgan fingerprint density at radius 1 is 1.44 bits per heavy atom. The summed E-state index contributed by atoms with van der Waals surface area (Å²) in [6.45, 7) is 7.66. The first kappa shape index (κ1) is 14.4. The first-order valence-electron chi connectivity index (χ1n) is 6.22. The van der Waals surface area contributed by atoms with Crippen molar-refractivity contribution in [3.63, 3.8) is 0 Å². The van der Waals surface area contributed by atoms with E-state index in [0.717, 1.165) is 19.6 Å². The second-order valence-corrected chi connectivity index (χ2v) is 3.84. The third kappa shape index (κ3) is 4.00. The predicted molar refractivity (Wildman–Crippen MR) is 70.9 cm³/mol. The number of methoxy groups -OCH3 is 1. The lowest BCUT2D eigenvalue weighted by Crippen LogP contribution is -2.34. The fourth-order valence-electron chi connectivity index (χ4n) is 1.69. The molecule has 5 nitrogen and oxygen atoms in total. The molecule has 0 bridgehead atoms. The topological polar surface area (TPSA) is 54.5 Å². The smallest absolute Gasteiger partial charge is 0.256 e. The van der Waals surface area contributed by atoms with Crippen LogP contribution in [0.5, 0.6) is 5.88 Å². The monoisotopic (exact) mass is 251 g/mol. The number of nitrogens with one attached hydrogen (secondary N) is 1. The number of hydrogen-bond donors (Lipinski definition) is 1. The Bertz CT molecular complexity index is 378. The number of pyridine rings is 1. The number of rotatable bonds is 7. The molecular weight excluding hydrogens is 230 g/mol. The molecular formula is C13H21N3O2. The zero-order valence-corrected chi connectivity index (χ0v) is 11.3. The van der Waals surface area contributed by atoms with E-state index in [2.05, 4.69) is 29.0 Å². The van der Waals surface area contributed by atoms with Crippen molar-refractivity contribution in [3.8, 4) is 5.88 Å². The molecule has 100 valence electrons. The highest BCUT2D eigenvalue weighted by Gasteiger charge is 2.12. The van der Waals surface area contributed by atoms with Gasteiger partial charge >= 0.3 is 0 Å². The van der Waals surface area contributed by atoms with Crippen molar-refractivity contribution in [2.75, 3.05) is 33.3 Å². The van der Waals surface area contributed by atoms with Gasteiger partial charge in [-0.05, 0) is 25.2 Å². The summed E-state index contributed by atoms with van der Waals surface area (Å²) in [5.41, 5.74) is 0.472. The van der Waals surface area contributed by atoms with Crippen molar-refractivity contribution in [1.82, 2.24) is 15.2 Å². The van der Waals surface area contributed by atoms with Crippen LogP contribution in [-0.4, -0.2) is 49.1 Å². The summed E-state index contributed by atoms with van der Waals surface area (Å²) in [5, 5.41) is 2.87. The minimum Gasteiger partial charge on any atom is -0.480 e. The number of carbonyl (C=O) groups is 1. The molecule has 0 radical (unpaired) electrons. The predicted octanol–water partition coefficient (Wildman–Crippen LogP) is 1.16. The third-order valence-electron chi connectivity index (χ3n) is 2.82. The Balaban J connectivity index is 2.50. The van der Waals surface area contributed by atoms with Crippen molar-refractivity contribution >= 4 is 5.91 Å². The number of aromatic nitrogens is 1. The van der Waals surface area contributed by atoms with E-state index in [-0.39, 0.29) is 5.91 Å². The quantitative estimate of drug-likeness (QED) is 0.790. The van der Waals surface area contributed by atoms with Gasteiger partial charge in [0.2, 0.25) is 5.88 Å². The fourth-order valence-corrected chi connectivity index (χ4v) is 1.69. The first-order chi connectivity index (χ1) is 8.72. The minimum absolute atomic E-state index is 0.146. The van der Waals surface area contributed by atoms with Crippen LogP contribution in [-0.2, 0) is 0 Å². The molecule has 18 heavy (non-hydrogen) atoms. The van der Waals surface area contributed by atoms with Gasteiger partial charge in [-0.3, -0.25) is 4.79 Å². The van der Waals surface area contributed by atoms with Crippen LogP contribution in [0.1, 0.15) is 24.2 Å². The van der Waals surface area contributed by atoms with Crippen LogP contribution in [0.2, 0.25) is 0 Å². The average molecular weight is 251 g/mol. The van der Waals surface area contributed by atoms with E-state index in [9.17, 15) is 4.79 Å². The molecule has 0 aromatic carbocycles. The maximum Gasteiger partial charge on any atom is 0.256 e. The lowest BCUT2D eigenvalue weighted by Gasteiger charge is -2.18. The molecule has 0 unspecified atom stereocenters. The molecule has 0 fully saturated rings. The van der Waals surface area contributed by atoms with Crippen LogP contribution in [0, 0.1) is 0 Å². The minimum atomic E-state index is -0.146. The summed E-state index contributed by atoms with van der Waals surface area (Å²) >= 11 is 0. The summed E-state index contributed by atoms with van der Waals surface area (Å²) in [7, 11) is 1.51. The van der Waals surface area contributed by atoms with E-state index < -0.39 is 0 Å². The molecule has 1 N–H and O–H groups in total. The number of carbonyl (C=O) groups excluding carboxylic acids is 1. The van der Waals surface area contributed by atoms with Crippen LogP contribution in [0.25, 0.3) is 0 Å². The number of nitrogens with zero attached hydrogens (tertiary/aromatic N) is 2. The lowest BCUT2D eigenvalue weighted by atomic mass is 10.2. The van der Waals surface area contributed by atoms with Crippen molar-refractivity contribution in [2.45, 2.75) is 13.8 Å². The highest BCUT2D eigenvalue weighted by molar-refractivity contribution is 5.96. The molecule has 0 spiro atoms. The van der Waals surface area contributed by atoms with Gasteiger partial charge in [-0.25, -0.2) is 4.98 Å². The largest absolute Gasteiger partial charge is 0.480 e. The third-order valence-corrected chi connectivity index (χ3v) is 2.82. The van der Waals surface area contributed by atoms with Crippen LogP contribution >= 0.6 is 0 Å². The molecule has 0 atom stereocenters. The van der Waals surface area contributed by atoms with Gasteiger partial charge < -0.3 is 15.0 Å². The molecule has 1 heterocycles. The van der Waals surface area contributed by atoms with Gasteiger partial charge in [0.25, 0.3) is 5.91 Å². The van der Waals surface area contributed by atoms with Gasteiger partial charge in [0.15, 0.2) is 0 Å². The molecule has 5 heteroatoms. The lowest BCUT2D eigenvalue weighted by molar-refractivity contribution is 0.0945. The Labute approximate surface area is 108 Å². The summed E-state index contributed by atoms with van der Waals surface area (Å²) in [4.78, 5) is 18.2. The average Bonchev–Trinajstić information content (AvgIpc) is 2.43. The van der Waals surface area contributed by atoms with E-state index in [1.807, 2.05) is 0 Å². The van der Waals surface area contributed by atoms with Crippen LogP contribution in [0.15, 0.2) is 18.3 Å². The standard InChI is InChI=1S/C13H21N3O2/c1-4-16(5-2)10-9-14-12(17)11-7-6-8-15-13(11)18-3/h6-8H,4-5,9-10H2,1-3H3,(H,14,17). The zero-order valence-electron chi connectivity index (χ0n) is 11.3. The normalized spacial score (nSPS) is 10.4. The van der Waals surface area contributed by atoms with Gasteiger partial charge in [-0.2, -0.15) is 0 Å². The Hall–Kier alpha value is -1.62. The summed E-state index contributed by atoms with van der Waals surface area (Å²) in [5.74, 6) is 0.213. The number of hydrogen-bond acceptors (Lipinski definition) is 4. The molecule has 1 aromatic heterocycles. The summed E-state index contributed by atoms with van der Waals surface area (Å²) < 4.78 is 5.05. The van der Waals surface area contributed by atoms with E-state index in [1.165, 1.54) is 7.11 Å². The molecule has 0 aliphatic heterocycles. The number of amides is 1. The molecule has 1 aromatic rings. The van der Waals surface area contributed by atoms with Crippen molar-refractivity contribution in [1.29, 1.82) is 0 Å². The Kier molecular flexibility index (Phi) is 6.14. The van der Waals surface area contributed by atoms with Gasteiger partial charge in [0.05, 0.1) is 7.11 Å². The SMILES string of the molecule is CCN(CC)CCNC(=O)c1cccnc1OC. The molecule has 0 aliphatic carbocycles. The first-order valence-corrected chi connectivity index (χ1v) is 6.22. The van der Waals surface area contributed by atoms with Crippen LogP contribution < -0.4 is 10.1 Å². The van der Waals surface area contributed by atoms with Gasteiger partial charge in [-0.15, -0.1) is 0 Å². The van der Waals surface area contributed by atoms with Crippen LogP contribution in [0.3, 0.4) is 0 Å². The van der Waals surface area contributed by atoms with Gasteiger partial charge in [-0.1, -0.05) is 13.8 Å². The zero-order chi connectivity index (χ0) is 13.4. The Morgan fingerprint density at radius 3 is 2.78 bits per heavy atom. The van der Waals surface area contributed by atoms with Crippen LogP contribution in [0.4, 0.5) is 0 Å². The molecule has 0 saturated heterocycles. The highest BCUT2D eigenvalue weighted by atomic mass is 16.5. The molecule has 0 saturated carbocycles. The molecule has 0 aliphatic rings. The Morgan fingerprint density at radius 2 is 2.17 bits per heavy atom. The van der Waals surface area contributed by atoms with E-state index in [4.69, 9.17) is 4.74 Å². The fraction of sp³-hybridized carbons (Fsp3) is 0.538. The summed E-state index contributed by atoms with van der Waals surface area (Å²) in [6, 6.07) is 3.43. The van der Waals surface area contributed by atoms with Crippen molar-refractivity contribution in [3.05, 3.63) is 23.9 Å². The molecule has 1 rings (SSSR count). The van der Waals surface area contributed by atoms with E-state index >= 15 is 0 Å². The second kappa shape index (κ2) is 7.66. The van der Waals surface area contributed by atoms with Crippen molar-refractivity contribution in [2.24, 2.45) is 0 Å². The number of likely N-dealkylation sites (N-methyl/N-ethyl adjacent to an activating group) is 1. The maximum absolute atomic E-state index is 11.9. The summed E-state index contributed by atoms with van der Waals surface area (Å²) in [6.07, 6.45) is 1.60. The molecule has 1 amide bonds. The van der Waals surface area contributed by atoms with Gasteiger partial charge in [0.1, 0.15) is 5.56 Å². The maximum atomic E-state index is 11.9. The second-order valence-electron chi connectivity index (χ2n) is 3.84. The highest BCUT2D eigenvalue weighted by Crippen LogP contribution is 2.12. The van der Waals surface area contributed by atoms with Gasteiger partial charge in [0, 0.05) is 19.3 Å². The van der Waals surface area contributed by atoms with E-state index in [0.29, 0.717) is 18.0 Å².